The zero-order valence-electron chi connectivity index (χ0n) is 10.8. The second-order valence-electron chi connectivity index (χ2n) is 6.24. The van der Waals surface area contributed by atoms with Crippen LogP contribution in [0, 0.1) is 0 Å². The smallest absolute Gasteiger partial charge is 0.411 e. The van der Waals surface area contributed by atoms with Crippen LogP contribution in [0.2, 0.25) is 0 Å². The van der Waals surface area contributed by atoms with Gasteiger partial charge in [0.1, 0.15) is 5.60 Å². The number of rotatable bonds is 0. The highest BCUT2D eigenvalue weighted by Gasteiger charge is 2.71. The summed E-state index contributed by atoms with van der Waals surface area (Å²) in [5.41, 5.74) is -0.489. The number of amides is 1. The molecule has 2 atom stereocenters. The maximum Gasteiger partial charge on any atom is 0.411 e. The van der Waals surface area contributed by atoms with Crippen molar-refractivity contribution >= 4 is 6.09 Å². The highest BCUT2D eigenvalue weighted by Crippen LogP contribution is 2.58. The molecule has 0 aromatic heterocycles. The molecule has 0 bridgehead atoms. The molecule has 3 nitrogen and oxygen atoms in total. The summed E-state index contributed by atoms with van der Waals surface area (Å²) in [5.74, 6) is 0. The van der Waals surface area contributed by atoms with E-state index < -0.39 is 5.60 Å². The molecular weight excluding hydrogens is 202 g/mol. The van der Waals surface area contributed by atoms with Crippen molar-refractivity contribution in [2.75, 3.05) is 0 Å². The van der Waals surface area contributed by atoms with E-state index in [1.165, 1.54) is 0 Å². The van der Waals surface area contributed by atoms with Crippen LogP contribution in [0.4, 0.5) is 4.79 Å². The summed E-state index contributed by atoms with van der Waals surface area (Å²) < 4.78 is 5.44. The van der Waals surface area contributed by atoms with Crippen LogP contribution in [-0.4, -0.2) is 27.7 Å². The van der Waals surface area contributed by atoms with Crippen LogP contribution in [0.5, 0.6) is 0 Å². The van der Waals surface area contributed by atoms with Crippen LogP contribution in [-0.2, 0) is 4.74 Å². The summed E-state index contributed by atoms with van der Waals surface area (Å²) in [5, 5.41) is 0. The summed E-state index contributed by atoms with van der Waals surface area (Å²) in [6.45, 7) is 9.99. The van der Waals surface area contributed by atoms with Crippen molar-refractivity contribution in [2.24, 2.45) is 0 Å². The fraction of sp³-hybridized carbons (Fsp3) is 0.769. The Balaban J connectivity index is 2.12. The molecule has 1 heterocycles. The zero-order valence-corrected chi connectivity index (χ0v) is 10.8. The Morgan fingerprint density at radius 2 is 1.62 bits per heavy atom. The minimum Gasteiger partial charge on any atom is -0.444 e. The standard InChI is InChI=1S/C13H21NO2/c1-11(2,3)16-10(15)14-12(4)8-6-7-9-13(12,14)5/h6-7H,8-9H2,1-5H3/t12-,13+,14?. The van der Waals surface area contributed by atoms with Gasteiger partial charge in [-0.1, -0.05) is 12.2 Å². The highest BCUT2D eigenvalue weighted by molar-refractivity contribution is 5.76. The van der Waals surface area contributed by atoms with E-state index in [4.69, 9.17) is 4.74 Å². The predicted molar refractivity (Wildman–Crippen MR) is 63.3 cm³/mol. The second-order valence-corrected chi connectivity index (χ2v) is 6.24. The lowest BCUT2D eigenvalue weighted by atomic mass is 9.86. The number of hydrogen-bond donors (Lipinski definition) is 0. The molecule has 1 saturated heterocycles. The van der Waals surface area contributed by atoms with Gasteiger partial charge in [0.15, 0.2) is 0 Å². The summed E-state index contributed by atoms with van der Waals surface area (Å²) in [4.78, 5) is 14.0. The minimum atomic E-state index is -0.414. The Hall–Kier alpha value is -0.990. The second kappa shape index (κ2) is 3.02. The van der Waals surface area contributed by atoms with Crippen molar-refractivity contribution in [3.8, 4) is 0 Å². The van der Waals surface area contributed by atoms with Gasteiger partial charge >= 0.3 is 6.09 Å². The molecule has 1 aliphatic heterocycles. The fourth-order valence-electron chi connectivity index (χ4n) is 2.69. The van der Waals surface area contributed by atoms with E-state index in [0.29, 0.717) is 0 Å². The summed E-state index contributed by atoms with van der Waals surface area (Å²) in [6.07, 6.45) is 6.00. The van der Waals surface area contributed by atoms with Gasteiger partial charge in [-0.15, -0.1) is 0 Å². The van der Waals surface area contributed by atoms with Crippen LogP contribution < -0.4 is 0 Å². The van der Waals surface area contributed by atoms with E-state index in [0.717, 1.165) is 12.8 Å². The molecule has 0 aromatic carbocycles. The number of carbonyl (C=O) groups excluding carboxylic acids is 1. The fourth-order valence-corrected chi connectivity index (χ4v) is 2.69. The van der Waals surface area contributed by atoms with E-state index in [1.54, 1.807) is 0 Å². The number of hydrogen-bond acceptors (Lipinski definition) is 2. The van der Waals surface area contributed by atoms with Crippen LogP contribution in [0.1, 0.15) is 47.5 Å². The molecule has 0 spiro atoms. The molecule has 0 aromatic rings. The first-order chi connectivity index (χ1) is 7.21. The molecule has 0 unspecified atom stereocenters. The summed E-state index contributed by atoms with van der Waals surface area (Å²) in [6, 6.07) is 0. The van der Waals surface area contributed by atoms with Gasteiger partial charge in [-0.05, 0) is 47.5 Å². The third-order valence-electron chi connectivity index (χ3n) is 3.87. The molecule has 3 heteroatoms. The van der Waals surface area contributed by atoms with E-state index >= 15 is 0 Å². The van der Waals surface area contributed by atoms with Gasteiger partial charge in [-0.3, -0.25) is 4.90 Å². The SMILES string of the molecule is CC(C)(C)OC(=O)N1[C@]2(C)CC=CC[C@]12C. The molecule has 1 amide bonds. The van der Waals surface area contributed by atoms with Gasteiger partial charge in [0.25, 0.3) is 0 Å². The number of fused-ring (bicyclic) bond motifs is 1. The summed E-state index contributed by atoms with van der Waals surface area (Å²) >= 11 is 0. The number of carbonyl (C=O) groups is 1. The Morgan fingerprint density at radius 1 is 1.19 bits per heavy atom. The first kappa shape index (κ1) is 11.5. The molecule has 0 radical (unpaired) electrons. The van der Waals surface area contributed by atoms with Crippen molar-refractivity contribution in [1.29, 1.82) is 0 Å². The van der Waals surface area contributed by atoms with E-state index in [9.17, 15) is 4.79 Å². The average Bonchev–Trinajstić information content (AvgIpc) is 2.59. The molecule has 1 fully saturated rings. The Bertz CT molecular complexity index is 335. The first-order valence-electron chi connectivity index (χ1n) is 5.89. The third-order valence-corrected chi connectivity index (χ3v) is 3.87. The van der Waals surface area contributed by atoms with E-state index in [-0.39, 0.29) is 17.2 Å². The molecular formula is C13H21NO2. The lowest BCUT2D eigenvalue weighted by Gasteiger charge is -2.21. The van der Waals surface area contributed by atoms with Gasteiger partial charge in [0.05, 0.1) is 11.1 Å². The Morgan fingerprint density at radius 3 is 2.00 bits per heavy atom. The van der Waals surface area contributed by atoms with Gasteiger partial charge in [-0.2, -0.15) is 0 Å². The van der Waals surface area contributed by atoms with Gasteiger partial charge in [0, 0.05) is 0 Å². The first-order valence-corrected chi connectivity index (χ1v) is 5.89. The third kappa shape index (κ3) is 1.45. The van der Waals surface area contributed by atoms with Crippen molar-refractivity contribution < 1.29 is 9.53 Å². The Kier molecular flexibility index (Phi) is 2.17. The topological polar surface area (TPSA) is 29.3 Å². The molecule has 90 valence electrons. The number of ether oxygens (including phenoxy) is 1. The van der Waals surface area contributed by atoms with E-state index in [1.807, 2.05) is 25.7 Å². The molecule has 16 heavy (non-hydrogen) atoms. The predicted octanol–water partition coefficient (Wildman–Crippen LogP) is 3.10. The van der Waals surface area contributed by atoms with Crippen molar-refractivity contribution in [1.82, 2.24) is 4.90 Å². The van der Waals surface area contributed by atoms with E-state index in [2.05, 4.69) is 26.0 Å². The monoisotopic (exact) mass is 223 g/mol. The molecule has 2 rings (SSSR count). The van der Waals surface area contributed by atoms with Crippen LogP contribution >= 0.6 is 0 Å². The Labute approximate surface area is 97.5 Å². The molecule has 2 aliphatic rings. The summed E-state index contributed by atoms with van der Waals surface area (Å²) in [7, 11) is 0. The maximum atomic E-state index is 12.1. The minimum absolute atomic E-state index is 0.0376. The van der Waals surface area contributed by atoms with Crippen molar-refractivity contribution in [3.05, 3.63) is 12.2 Å². The lowest BCUT2D eigenvalue weighted by molar-refractivity contribution is 0.0359. The highest BCUT2D eigenvalue weighted by atomic mass is 16.6. The molecule has 1 aliphatic carbocycles. The van der Waals surface area contributed by atoms with Gasteiger partial charge < -0.3 is 4.74 Å². The maximum absolute atomic E-state index is 12.1. The largest absolute Gasteiger partial charge is 0.444 e. The van der Waals surface area contributed by atoms with Crippen molar-refractivity contribution in [2.45, 2.75) is 64.1 Å². The molecule has 0 N–H and O–H groups in total. The average molecular weight is 223 g/mol. The zero-order chi connectivity index (χ0) is 12.2. The van der Waals surface area contributed by atoms with Crippen molar-refractivity contribution in [3.63, 3.8) is 0 Å². The normalized spacial score (nSPS) is 36.9. The van der Waals surface area contributed by atoms with Crippen LogP contribution in [0.3, 0.4) is 0 Å². The van der Waals surface area contributed by atoms with Gasteiger partial charge in [0.2, 0.25) is 0 Å². The number of nitrogens with zero attached hydrogens (tertiary/aromatic N) is 1. The van der Waals surface area contributed by atoms with Crippen LogP contribution in [0.25, 0.3) is 0 Å². The van der Waals surface area contributed by atoms with Crippen LogP contribution in [0.15, 0.2) is 12.2 Å². The molecule has 0 saturated carbocycles. The lowest BCUT2D eigenvalue weighted by Crippen LogP contribution is -2.30. The quantitative estimate of drug-likeness (QED) is 0.466. The van der Waals surface area contributed by atoms with Gasteiger partial charge in [-0.25, -0.2) is 4.79 Å².